The quantitative estimate of drug-likeness (QED) is 0.792. The van der Waals surface area contributed by atoms with E-state index in [1.165, 1.54) is 16.4 Å². The molecule has 0 aliphatic rings. The predicted octanol–water partition coefficient (Wildman–Crippen LogP) is 3.28. The van der Waals surface area contributed by atoms with E-state index in [0.717, 1.165) is 24.2 Å². The SMILES string of the molecule is CCC(CC)N(CC(C)C)S(=O)(=O)c1ccc(C(=O)O)s1. The van der Waals surface area contributed by atoms with Crippen LogP contribution < -0.4 is 0 Å². The Balaban J connectivity index is 3.21. The van der Waals surface area contributed by atoms with E-state index in [2.05, 4.69) is 0 Å². The van der Waals surface area contributed by atoms with E-state index in [1.54, 1.807) is 0 Å². The topological polar surface area (TPSA) is 74.7 Å². The summed E-state index contributed by atoms with van der Waals surface area (Å²) >= 11 is 0.813. The predicted molar refractivity (Wildman–Crippen MR) is 84.4 cm³/mol. The van der Waals surface area contributed by atoms with Gasteiger partial charge >= 0.3 is 5.97 Å². The Labute approximate surface area is 130 Å². The molecule has 0 bridgehead atoms. The van der Waals surface area contributed by atoms with Gasteiger partial charge in [-0.3, -0.25) is 0 Å². The third-order valence-corrected chi connectivity index (χ3v) is 6.71. The molecule has 0 atom stereocenters. The molecular weight excluding hydrogens is 310 g/mol. The van der Waals surface area contributed by atoms with Crippen molar-refractivity contribution in [3.63, 3.8) is 0 Å². The molecule has 1 aromatic heterocycles. The molecule has 1 aromatic rings. The Bertz CT molecular complexity index is 574. The summed E-state index contributed by atoms with van der Waals surface area (Å²) < 4.78 is 27.2. The molecule has 1 N–H and O–H groups in total. The van der Waals surface area contributed by atoms with E-state index < -0.39 is 16.0 Å². The largest absolute Gasteiger partial charge is 0.477 e. The zero-order chi connectivity index (χ0) is 16.2. The van der Waals surface area contributed by atoms with Gasteiger partial charge < -0.3 is 5.11 Å². The number of nitrogens with zero attached hydrogens (tertiary/aromatic N) is 1. The minimum atomic E-state index is -3.64. The molecule has 0 aromatic carbocycles. The molecule has 0 aliphatic carbocycles. The van der Waals surface area contributed by atoms with Crippen LogP contribution in [0.5, 0.6) is 0 Å². The van der Waals surface area contributed by atoms with Gasteiger partial charge in [0.1, 0.15) is 9.09 Å². The van der Waals surface area contributed by atoms with Gasteiger partial charge in [-0.1, -0.05) is 27.7 Å². The second-order valence-corrected chi connectivity index (χ2v) is 8.56. The van der Waals surface area contributed by atoms with Crippen LogP contribution in [0, 0.1) is 5.92 Å². The van der Waals surface area contributed by atoms with Crippen molar-refractivity contribution in [2.75, 3.05) is 6.54 Å². The summed E-state index contributed by atoms with van der Waals surface area (Å²) in [5.41, 5.74) is 0. The van der Waals surface area contributed by atoms with E-state index in [4.69, 9.17) is 5.11 Å². The number of rotatable bonds is 8. The third-order valence-electron chi connectivity index (χ3n) is 3.25. The standard InChI is InChI=1S/C14H23NO4S2/c1-5-11(6-2)15(9-10(3)4)21(18,19)13-8-7-12(20-13)14(16)17/h7-8,10-11H,5-6,9H2,1-4H3,(H,16,17). The fourth-order valence-corrected chi connectivity index (χ4v) is 5.40. The van der Waals surface area contributed by atoms with Crippen LogP contribution in [0.25, 0.3) is 0 Å². The average Bonchev–Trinajstić information content (AvgIpc) is 2.89. The molecule has 120 valence electrons. The van der Waals surface area contributed by atoms with Crippen LogP contribution in [-0.2, 0) is 10.0 Å². The van der Waals surface area contributed by atoms with Gasteiger partial charge in [-0.25, -0.2) is 13.2 Å². The van der Waals surface area contributed by atoms with E-state index in [0.29, 0.717) is 6.54 Å². The maximum Gasteiger partial charge on any atom is 0.345 e. The summed E-state index contributed by atoms with van der Waals surface area (Å²) in [5, 5.41) is 8.95. The van der Waals surface area contributed by atoms with E-state index in [9.17, 15) is 13.2 Å². The Morgan fingerprint density at radius 3 is 2.24 bits per heavy atom. The van der Waals surface area contributed by atoms with Crippen molar-refractivity contribution in [3.05, 3.63) is 17.0 Å². The van der Waals surface area contributed by atoms with E-state index in [1.807, 2.05) is 27.7 Å². The van der Waals surface area contributed by atoms with Crippen molar-refractivity contribution in [3.8, 4) is 0 Å². The Hall–Kier alpha value is -0.920. The number of aromatic carboxylic acids is 1. The second kappa shape index (κ2) is 7.38. The highest BCUT2D eigenvalue weighted by atomic mass is 32.2. The Morgan fingerprint density at radius 2 is 1.86 bits per heavy atom. The molecule has 5 nitrogen and oxygen atoms in total. The van der Waals surface area contributed by atoms with Gasteiger partial charge in [0, 0.05) is 12.6 Å². The van der Waals surface area contributed by atoms with Gasteiger partial charge in [0.05, 0.1) is 0 Å². The highest BCUT2D eigenvalue weighted by molar-refractivity contribution is 7.91. The van der Waals surface area contributed by atoms with Crippen LogP contribution in [0.2, 0.25) is 0 Å². The molecule has 1 heterocycles. The summed E-state index contributed by atoms with van der Waals surface area (Å²) in [6.45, 7) is 8.32. The molecule has 0 amide bonds. The number of hydrogen-bond donors (Lipinski definition) is 1. The molecule has 0 saturated heterocycles. The van der Waals surface area contributed by atoms with Crippen LogP contribution >= 0.6 is 11.3 Å². The lowest BCUT2D eigenvalue weighted by Crippen LogP contribution is -2.41. The van der Waals surface area contributed by atoms with Crippen LogP contribution in [-0.4, -0.2) is 36.4 Å². The van der Waals surface area contributed by atoms with E-state index in [-0.39, 0.29) is 21.0 Å². The first-order valence-corrected chi connectivity index (χ1v) is 9.34. The van der Waals surface area contributed by atoms with Crippen molar-refractivity contribution in [2.45, 2.75) is 50.8 Å². The summed E-state index contributed by atoms with van der Waals surface area (Å²) in [7, 11) is -3.64. The normalized spacial score (nSPS) is 12.5. The number of carboxylic acid groups (broad SMARTS) is 1. The zero-order valence-electron chi connectivity index (χ0n) is 12.9. The highest BCUT2D eigenvalue weighted by Crippen LogP contribution is 2.28. The molecule has 0 spiro atoms. The molecule has 0 unspecified atom stereocenters. The lowest BCUT2D eigenvalue weighted by atomic mass is 10.1. The maximum absolute atomic E-state index is 12.8. The molecule has 0 fully saturated rings. The number of carbonyl (C=O) groups is 1. The van der Waals surface area contributed by atoms with Crippen LogP contribution in [0.1, 0.15) is 50.2 Å². The van der Waals surface area contributed by atoms with Crippen molar-refractivity contribution in [1.29, 1.82) is 0 Å². The first kappa shape index (κ1) is 18.1. The van der Waals surface area contributed by atoms with Gasteiger partial charge in [-0.05, 0) is 30.9 Å². The molecule has 0 radical (unpaired) electrons. The fourth-order valence-electron chi connectivity index (χ4n) is 2.19. The summed E-state index contributed by atoms with van der Waals surface area (Å²) in [6.07, 6.45) is 1.47. The molecule has 7 heteroatoms. The van der Waals surface area contributed by atoms with Crippen molar-refractivity contribution in [2.24, 2.45) is 5.92 Å². The minimum Gasteiger partial charge on any atom is -0.477 e. The first-order valence-electron chi connectivity index (χ1n) is 7.08. The maximum atomic E-state index is 12.8. The monoisotopic (exact) mass is 333 g/mol. The molecule has 0 saturated carbocycles. The van der Waals surface area contributed by atoms with Gasteiger partial charge in [-0.15, -0.1) is 11.3 Å². The number of hydrogen-bond acceptors (Lipinski definition) is 4. The lowest BCUT2D eigenvalue weighted by Gasteiger charge is -2.30. The first-order chi connectivity index (χ1) is 9.73. The fraction of sp³-hybridized carbons (Fsp3) is 0.643. The molecular formula is C14H23NO4S2. The summed E-state index contributed by atoms with van der Waals surface area (Å²) in [4.78, 5) is 11.0. The highest BCUT2D eigenvalue weighted by Gasteiger charge is 2.31. The number of thiophene rings is 1. The Kier molecular flexibility index (Phi) is 6.37. The van der Waals surface area contributed by atoms with Gasteiger partial charge in [0.15, 0.2) is 0 Å². The van der Waals surface area contributed by atoms with Gasteiger partial charge in [0.2, 0.25) is 0 Å². The Morgan fingerprint density at radius 1 is 1.29 bits per heavy atom. The van der Waals surface area contributed by atoms with Gasteiger partial charge in [-0.2, -0.15) is 4.31 Å². The second-order valence-electron chi connectivity index (χ2n) is 5.36. The van der Waals surface area contributed by atoms with Crippen molar-refractivity contribution >= 4 is 27.3 Å². The summed E-state index contributed by atoms with van der Waals surface area (Å²) in [6, 6.07) is 2.67. The van der Waals surface area contributed by atoms with Crippen LogP contribution in [0.3, 0.4) is 0 Å². The molecule has 1 rings (SSSR count). The van der Waals surface area contributed by atoms with Gasteiger partial charge in [0.25, 0.3) is 10.0 Å². The van der Waals surface area contributed by atoms with E-state index >= 15 is 0 Å². The lowest BCUT2D eigenvalue weighted by molar-refractivity contribution is 0.0702. The third kappa shape index (κ3) is 4.28. The molecule has 0 aliphatic heterocycles. The average molecular weight is 333 g/mol. The van der Waals surface area contributed by atoms with Crippen molar-refractivity contribution in [1.82, 2.24) is 4.31 Å². The van der Waals surface area contributed by atoms with Crippen molar-refractivity contribution < 1.29 is 18.3 Å². The number of carboxylic acids is 1. The van der Waals surface area contributed by atoms with Crippen LogP contribution in [0.4, 0.5) is 0 Å². The minimum absolute atomic E-state index is 0.0441. The van der Waals surface area contributed by atoms with Crippen LogP contribution in [0.15, 0.2) is 16.3 Å². The smallest absolute Gasteiger partial charge is 0.345 e. The number of sulfonamides is 1. The summed E-state index contributed by atoms with van der Waals surface area (Å²) in [5.74, 6) is -0.890. The molecule has 21 heavy (non-hydrogen) atoms. The zero-order valence-corrected chi connectivity index (χ0v) is 14.5.